The third kappa shape index (κ3) is 4.93. The predicted molar refractivity (Wildman–Crippen MR) is 98.9 cm³/mol. The largest absolute Gasteiger partial charge is 0.444 e. The predicted octanol–water partition coefficient (Wildman–Crippen LogP) is 3.85. The molecule has 0 aliphatic carbocycles. The van der Waals surface area contributed by atoms with Crippen LogP contribution < -0.4 is 5.32 Å². The lowest BCUT2D eigenvalue weighted by Crippen LogP contribution is -2.28. The SMILES string of the molecule is CC(NC(=O)CSCc1coc(-c2ccccc2)n1)c1ccncc1. The van der Waals surface area contributed by atoms with E-state index in [1.807, 2.05) is 49.4 Å². The molecule has 0 fully saturated rings. The third-order valence-electron chi connectivity index (χ3n) is 3.64. The highest BCUT2D eigenvalue weighted by molar-refractivity contribution is 7.99. The lowest BCUT2D eigenvalue weighted by Gasteiger charge is -2.13. The monoisotopic (exact) mass is 353 g/mol. The Morgan fingerprint density at radius 1 is 1.20 bits per heavy atom. The van der Waals surface area contributed by atoms with E-state index in [1.54, 1.807) is 18.7 Å². The van der Waals surface area contributed by atoms with Gasteiger partial charge in [0.2, 0.25) is 11.8 Å². The van der Waals surface area contributed by atoms with Gasteiger partial charge in [-0.15, -0.1) is 11.8 Å². The highest BCUT2D eigenvalue weighted by Crippen LogP contribution is 2.20. The van der Waals surface area contributed by atoms with Crippen molar-refractivity contribution in [2.45, 2.75) is 18.7 Å². The van der Waals surface area contributed by atoms with Crippen LogP contribution in [0.2, 0.25) is 0 Å². The maximum absolute atomic E-state index is 12.1. The van der Waals surface area contributed by atoms with Crippen LogP contribution in [0.15, 0.2) is 65.5 Å². The van der Waals surface area contributed by atoms with Gasteiger partial charge in [0, 0.05) is 23.7 Å². The van der Waals surface area contributed by atoms with E-state index in [-0.39, 0.29) is 11.9 Å². The summed E-state index contributed by atoms with van der Waals surface area (Å²) in [6, 6.07) is 13.5. The first-order valence-corrected chi connectivity index (χ1v) is 9.14. The van der Waals surface area contributed by atoms with Crippen LogP contribution in [0.1, 0.15) is 24.2 Å². The summed E-state index contributed by atoms with van der Waals surface area (Å²) in [5, 5.41) is 2.98. The number of nitrogens with one attached hydrogen (secondary N) is 1. The molecule has 3 rings (SSSR count). The van der Waals surface area contributed by atoms with E-state index < -0.39 is 0 Å². The van der Waals surface area contributed by atoms with E-state index in [4.69, 9.17) is 4.42 Å². The maximum atomic E-state index is 12.1. The molecule has 5 nitrogen and oxygen atoms in total. The summed E-state index contributed by atoms with van der Waals surface area (Å²) in [5.74, 6) is 1.61. The van der Waals surface area contributed by atoms with Gasteiger partial charge in [-0.25, -0.2) is 4.98 Å². The molecule has 1 amide bonds. The summed E-state index contributed by atoms with van der Waals surface area (Å²) in [7, 11) is 0. The number of oxazole rings is 1. The molecule has 2 heterocycles. The van der Waals surface area contributed by atoms with Gasteiger partial charge in [0.05, 0.1) is 17.5 Å². The molecule has 128 valence electrons. The van der Waals surface area contributed by atoms with Gasteiger partial charge in [0.15, 0.2) is 0 Å². The lowest BCUT2D eigenvalue weighted by molar-refractivity contribution is -0.119. The highest BCUT2D eigenvalue weighted by atomic mass is 32.2. The van der Waals surface area contributed by atoms with Crippen LogP contribution in [0.25, 0.3) is 11.5 Å². The Kier molecular flexibility index (Phi) is 5.85. The Balaban J connectivity index is 1.45. The molecular weight excluding hydrogens is 334 g/mol. The minimum Gasteiger partial charge on any atom is -0.444 e. The Hall–Kier alpha value is -2.60. The Labute approximate surface area is 150 Å². The van der Waals surface area contributed by atoms with Crippen molar-refractivity contribution in [1.82, 2.24) is 15.3 Å². The molecule has 0 bridgehead atoms. The van der Waals surface area contributed by atoms with Crippen molar-refractivity contribution in [2.75, 3.05) is 5.75 Å². The quantitative estimate of drug-likeness (QED) is 0.699. The molecule has 0 saturated heterocycles. The highest BCUT2D eigenvalue weighted by Gasteiger charge is 2.11. The van der Waals surface area contributed by atoms with Crippen LogP contribution in [0.3, 0.4) is 0 Å². The van der Waals surface area contributed by atoms with Crippen LogP contribution in [0.4, 0.5) is 0 Å². The summed E-state index contributed by atoms with van der Waals surface area (Å²) < 4.78 is 5.50. The van der Waals surface area contributed by atoms with Crippen molar-refractivity contribution in [2.24, 2.45) is 0 Å². The van der Waals surface area contributed by atoms with Crippen molar-refractivity contribution in [3.8, 4) is 11.5 Å². The first kappa shape index (κ1) is 17.2. The third-order valence-corrected chi connectivity index (χ3v) is 4.61. The molecular formula is C19H19N3O2S. The summed E-state index contributed by atoms with van der Waals surface area (Å²) in [4.78, 5) is 20.5. The molecule has 0 radical (unpaired) electrons. The number of aromatic nitrogens is 2. The lowest BCUT2D eigenvalue weighted by atomic mass is 10.1. The maximum Gasteiger partial charge on any atom is 0.230 e. The van der Waals surface area contributed by atoms with Crippen LogP contribution in [-0.2, 0) is 10.5 Å². The fourth-order valence-corrected chi connectivity index (χ4v) is 3.07. The summed E-state index contributed by atoms with van der Waals surface area (Å²) in [6.07, 6.45) is 5.09. The van der Waals surface area contributed by atoms with Crippen LogP contribution in [0, 0.1) is 0 Å². The Morgan fingerprint density at radius 2 is 1.96 bits per heavy atom. The van der Waals surface area contributed by atoms with E-state index in [2.05, 4.69) is 15.3 Å². The van der Waals surface area contributed by atoms with Gasteiger partial charge in [0.1, 0.15) is 6.26 Å². The van der Waals surface area contributed by atoms with Crippen molar-refractivity contribution < 1.29 is 9.21 Å². The van der Waals surface area contributed by atoms with Crippen LogP contribution in [-0.4, -0.2) is 21.6 Å². The van der Waals surface area contributed by atoms with Gasteiger partial charge in [-0.2, -0.15) is 0 Å². The van der Waals surface area contributed by atoms with Crippen molar-refractivity contribution in [3.63, 3.8) is 0 Å². The number of nitrogens with zero attached hydrogens (tertiary/aromatic N) is 2. The number of hydrogen-bond acceptors (Lipinski definition) is 5. The van der Waals surface area contributed by atoms with Gasteiger partial charge in [-0.05, 0) is 36.8 Å². The fourth-order valence-electron chi connectivity index (χ4n) is 2.35. The minimum absolute atomic E-state index is 0.00101. The number of rotatable bonds is 7. The molecule has 0 saturated carbocycles. The number of amides is 1. The molecule has 25 heavy (non-hydrogen) atoms. The van der Waals surface area contributed by atoms with Gasteiger partial charge >= 0.3 is 0 Å². The number of hydrogen-bond donors (Lipinski definition) is 1. The average molecular weight is 353 g/mol. The van der Waals surface area contributed by atoms with Crippen LogP contribution in [0.5, 0.6) is 0 Å². The van der Waals surface area contributed by atoms with Gasteiger partial charge in [0.25, 0.3) is 0 Å². The zero-order chi connectivity index (χ0) is 17.5. The average Bonchev–Trinajstić information content (AvgIpc) is 3.12. The number of pyridine rings is 1. The smallest absolute Gasteiger partial charge is 0.230 e. The fraction of sp³-hybridized carbons (Fsp3) is 0.211. The second-order valence-corrected chi connectivity index (χ2v) is 6.56. The molecule has 0 aliphatic heterocycles. The summed E-state index contributed by atoms with van der Waals surface area (Å²) in [6.45, 7) is 1.96. The zero-order valence-corrected chi connectivity index (χ0v) is 14.7. The number of benzene rings is 1. The standard InChI is InChI=1S/C19H19N3O2S/c1-14(15-7-9-20-10-8-15)21-18(23)13-25-12-17-11-24-19(22-17)16-5-3-2-4-6-16/h2-11,14H,12-13H2,1H3,(H,21,23). The topological polar surface area (TPSA) is 68.0 Å². The second kappa shape index (κ2) is 8.48. The first-order valence-electron chi connectivity index (χ1n) is 7.99. The van der Waals surface area contributed by atoms with Crippen molar-refractivity contribution in [3.05, 3.63) is 72.4 Å². The van der Waals surface area contributed by atoms with E-state index in [0.717, 1.165) is 16.8 Å². The van der Waals surface area contributed by atoms with Gasteiger partial charge in [-0.1, -0.05) is 18.2 Å². The molecule has 1 aromatic carbocycles. The first-order chi connectivity index (χ1) is 12.2. The van der Waals surface area contributed by atoms with E-state index >= 15 is 0 Å². The normalized spacial score (nSPS) is 11.9. The molecule has 0 aliphatic rings. The van der Waals surface area contributed by atoms with Gasteiger partial charge < -0.3 is 9.73 Å². The Morgan fingerprint density at radius 3 is 2.72 bits per heavy atom. The molecule has 0 spiro atoms. The van der Waals surface area contributed by atoms with E-state index in [0.29, 0.717) is 17.4 Å². The van der Waals surface area contributed by atoms with Crippen molar-refractivity contribution >= 4 is 17.7 Å². The molecule has 1 atom stereocenters. The Bertz CT molecular complexity index is 806. The molecule has 1 N–H and O–H groups in total. The van der Waals surface area contributed by atoms with Crippen LogP contribution >= 0.6 is 11.8 Å². The molecule has 3 aromatic rings. The molecule has 2 aromatic heterocycles. The molecule has 1 unspecified atom stereocenters. The zero-order valence-electron chi connectivity index (χ0n) is 13.9. The van der Waals surface area contributed by atoms with E-state index in [9.17, 15) is 4.79 Å². The number of carbonyl (C=O) groups is 1. The van der Waals surface area contributed by atoms with Crippen molar-refractivity contribution in [1.29, 1.82) is 0 Å². The molecule has 6 heteroatoms. The number of carbonyl (C=O) groups excluding carboxylic acids is 1. The van der Waals surface area contributed by atoms with Gasteiger partial charge in [-0.3, -0.25) is 9.78 Å². The number of thioether (sulfide) groups is 1. The minimum atomic E-state index is -0.0344. The summed E-state index contributed by atoms with van der Waals surface area (Å²) in [5.41, 5.74) is 2.82. The second-order valence-electron chi connectivity index (χ2n) is 5.57. The van der Waals surface area contributed by atoms with E-state index in [1.165, 1.54) is 11.8 Å². The summed E-state index contributed by atoms with van der Waals surface area (Å²) >= 11 is 1.51.